The van der Waals surface area contributed by atoms with Gasteiger partial charge in [-0.2, -0.15) is 0 Å². The number of hydrogen-bond acceptors (Lipinski definition) is 0. The lowest BCUT2D eigenvalue weighted by atomic mass is 10.1. The first-order valence-corrected chi connectivity index (χ1v) is 3.33. The van der Waals surface area contributed by atoms with Crippen LogP contribution in [0.15, 0.2) is 0 Å². The van der Waals surface area contributed by atoms with Crippen molar-refractivity contribution in [3.63, 3.8) is 0 Å². The molecule has 0 aromatic carbocycles. The average molecular weight is 115 g/mol. The predicted octanol–water partition coefficient (Wildman–Crippen LogP) is 2.49. The van der Waals surface area contributed by atoms with Crippen LogP contribution in [0.1, 0.15) is 32.1 Å². The van der Waals surface area contributed by atoms with Gasteiger partial charge in [0.15, 0.2) is 0 Å². The molecule has 0 unspecified atom stereocenters. The summed E-state index contributed by atoms with van der Waals surface area (Å²) in [4.78, 5) is 0. The van der Waals surface area contributed by atoms with Gasteiger partial charge in [-0.05, 0) is 25.2 Å². The monoisotopic (exact) mass is 115 g/mol. The third-order valence-corrected chi connectivity index (χ3v) is 1.76. The van der Waals surface area contributed by atoms with Crippen LogP contribution in [-0.2, 0) is 0 Å². The molecule has 0 atom stereocenters. The molecule has 1 saturated carbocycles. The molecular weight excluding hydrogens is 103 g/mol. The fraction of sp³-hybridized carbons (Fsp3) is 0.857. The Morgan fingerprint density at radius 2 is 1.88 bits per heavy atom. The van der Waals surface area contributed by atoms with E-state index in [9.17, 15) is 4.39 Å². The molecular formula is C7H12F. The van der Waals surface area contributed by atoms with E-state index in [0.29, 0.717) is 0 Å². The van der Waals surface area contributed by atoms with E-state index in [-0.39, 0.29) is 6.67 Å². The maximum Gasteiger partial charge on any atom is 0.0900 e. The third kappa shape index (κ3) is 1.46. The topological polar surface area (TPSA) is 0 Å². The summed E-state index contributed by atoms with van der Waals surface area (Å²) in [5, 5.41) is 0. The van der Waals surface area contributed by atoms with E-state index < -0.39 is 0 Å². The molecule has 0 saturated heterocycles. The van der Waals surface area contributed by atoms with Gasteiger partial charge in [-0.1, -0.05) is 12.8 Å². The standard InChI is InChI=1S/C7H12F/c8-6-5-7-3-1-2-4-7/h1-6H2. The molecule has 0 aliphatic heterocycles. The molecule has 0 bridgehead atoms. The lowest BCUT2D eigenvalue weighted by Gasteiger charge is -2.01. The van der Waals surface area contributed by atoms with Gasteiger partial charge in [-0.25, -0.2) is 0 Å². The minimum atomic E-state index is -0.144. The van der Waals surface area contributed by atoms with E-state index >= 15 is 0 Å². The maximum absolute atomic E-state index is 11.6. The van der Waals surface area contributed by atoms with Gasteiger partial charge in [0, 0.05) is 0 Å². The zero-order valence-electron chi connectivity index (χ0n) is 5.12. The highest BCUT2D eigenvalue weighted by atomic mass is 19.1. The van der Waals surface area contributed by atoms with E-state index in [2.05, 4.69) is 0 Å². The normalized spacial score (nSPS) is 22.1. The first kappa shape index (κ1) is 6.06. The van der Waals surface area contributed by atoms with Crippen molar-refractivity contribution in [2.75, 3.05) is 6.67 Å². The Balaban J connectivity index is 2.06. The molecule has 1 radical (unpaired) electrons. The van der Waals surface area contributed by atoms with Crippen LogP contribution in [0, 0.1) is 5.92 Å². The van der Waals surface area contributed by atoms with Crippen LogP contribution in [0.4, 0.5) is 4.39 Å². The van der Waals surface area contributed by atoms with Crippen LogP contribution in [0.5, 0.6) is 0 Å². The summed E-state index contributed by atoms with van der Waals surface area (Å²) in [7, 11) is 0. The molecule has 1 heteroatoms. The summed E-state index contributed by atoms with van der Waals surface area (Å²) in [5.41, 5.74) is 0. The van der Waals surface area contributed by atoms with Gasteiger partial charge in [0.2, 0.25) is 0 Å². The summed E-state index contributed by atoms with van der Waals surface area (Å²) in [6, 6.07) is 0. The van der Waals surface area contributed by atoms with Gasteiger partial charge in [-0.3, -0.25) is 4.39 Å². The highest BCUT2D eigenvalue weighted by Crippen LogP contribution is 2.29. The quantitative estimate of drug-likeness (QED) is 0.518. The summed E-state index contributed by atoms with van der Waals surface area (Å²) in [6.45, 7) is -0.144. The second-order valence-electron chi connectivity index (χ2n) is 2.40. The van der Waals surface area contributed by atoms with E-state index in [1.807, 2.05) is 0 Å². The van der Waals surface area contributed by atoms with Gasteiger partial charge in [0.1, 0.15) is 0 Å². The molecule has 0 N–H and O–H groups in total. The van der Waals surface area contributed by atoms with Crippen molar-refractivity contribution in [3.8, 4) is 0 Å². The van der Waals surface area contributed by atoms with E-state index in [1.54, 1.807) is 0 Å². The first-order chi connectivity index (χ1) is 3.93. The van der Waals surface area contributed by atoms with Gasteiger partial charge < -0.3 is 0 Å². The van der Waals surface area contributed by atoms with Crippen LogP contribution < -0.4 is 0 Å². The number of alkyl halides is 1. The molecule has 0 heterocycles. The Morgan fingerprint density at radius 3 is 2.38 bits per heavy atom. The van der Waals surface area contributed by atoms with Crippen molar-refractivity contribution in [2.24, 2.45) is 0 Å². The fourth-order valence-electron chi connectivity index (χ4n) is 1.26. The Hall–Kier alpha value is -0.0700. The number of hydrogen-bond donors (Lipinski definition) is 0. The van der Waals surface area contributed by atoms with Crippen LogP contribution >= 0.6 is 0 Å². The first-order valence-electron chi connectivity index (χ1n) is 3.33. The van der Waals surface area contributed by atoms with Gasteiger partial charge >= 0.3 is 0 Å². The highest BCUT2D eigenvalue weighted by molar-refractivity contribution is 4.93. The van der Waals surface area contributed by atoms with Gasteiger partial charge in [0.25, 0.3) is 0 Å². The van der Waals surface area contributed by atoms with Crippen molar-refractivity contribution in [3.05, 3.63) is 5.92 Å². The Bertz CT molecular complexity index is 55.4. The van der Waals surface area contributed by atoms with E-state index in [1.165, 1.54) is 31.6 Å². The summed E-state index contributed by atoms with van der Waals surface area (Å²) in [5.74, 6) is 1.45. The molecule has 0 amide bonds. The van der Waals surface area contributed by atoms with Crippen LogP contribution in [0.2, 0.25) is 0 Å². The summed E-state index contributed by atoms with van der Waals surface area (Å²) in [6.07, 6.45) is 5.73. The highest BCUT2D eigenvalue weighted by Gasteiger charge is 2.13. The number of rotatable bonds is 2. The maximum atomic E-state index is 11.6. The molecule has 1 aliphatic carbocycles. The zero-order chi connectivity index (χ0) is 5.82. The van der Waals surface area contributed by atoms with Crippen LogP contribution in [0.3, 0.4) is 0 Å². The second-order valence-corrected chi connectivity index (χ2v) is 2.40. The van der Waals surface area contributed by atoms with E-state index in [0.717, 1.165) is 6.42 Å². The smallest absolute Gasteiger partial charge is 0.0900 e. The molecule has 0 aromatic rings. The Labute approximate surface area is 50.1 Å². The minimum absolute atomic E-state index is 0.144. The SMILES string of the molecule is FCC[C]1CCCC1. The van der Waals surface area contributed by atoms with E-state index in [4.69, 9.17) is 0 Å². The molecule has 0 aromatic heterocycles. The average Bonchev–Trinajstić information content (AvgIpc) is 2.19. The lowest BCUT2D eigenvalue weighted by molar-refractivity contribution is 0.472. The summed E-state index contributed by atoms with van der Waals surface area (Å²) >= 11 is 0. The molecule has 0 spiro atoms. The van der Waals surface area contributed by atoms with Crippen molar-refractivity contribution in [1.82, 2.24) is 0 Å². The van der Waals surface area contributed by atoms with Gasteiger partial charge in [0.05, 0.1) is 6.67 Å². The largest absolute Gasteiger partial charge is 0.251 e. The Morgan fingerprint density at radius 1 is 1.25 bits per heavy atom. The Kier molecular flexibility index (Phi) is 2.31. The van der Waals surface area contributed by atoms with Gasteiger partial charge in [-0.15, -0.1) is 0 Å². The molecule has 1 aliphatic rings. The summed E-state index contributed by atoms with van der Waals surface area (Å²) < 4.78 is 11.6. The van der Waals surface area contributed by atoms with Crippen LogP contribution in [-0.4, -0.2) is 6.67 Å². The zero-order valence-corrected chi connectivity index (χ0v) is 5.12. The minimum Gasteiger partial charge on any atom is -0.251 e. The van der Waals surface area contributed by atoms with Crippen molar-refractivity contribution < 1.29 is 4.39 Å². The van der Waals surface area contributed by atoms with Crippen LogP contribution in [0.25, 0.3) is 0 Å². The van der Waals surface area contributed by atoms with Crippen molar-refractivity contribution in [2.45, 2.75) is 32.1 Å². The second kappa shape index (κ2) is 3.06. The molecule has 0 nitrogen and oxygen atoms in total. The van der Waals surface area contributed by atoms with Crippen molar-refractivity contribution >= 4 is 0 Å². The molecule has 8 heavy (non-hydrogen) atoms. The lowest BCUT2D eigenvalue weighted by Crippen LogP contribution is -1.89. The predicted molar refractivity (Wildman–Crippen MR) is 32.3 cm³/mol. The molecule has 1 fully saturated rings. The number of halogens is 1. The third-order valence-electron chi connectivity index (χ3n) is 1.76. The molecule has 1 rings (SSSR count). The fourth-order valence-corrected chi connectivity index (χ4v) is 1.26. The molecule has 47 valence electrons. The van der Waals surface area contributed by atoms with Crippen molar-refractivity contribution in [1.29, 1.82) is 0 Å².